The molecule has 0 bridgehead atoms. The Morgan fingerprint density at radius 2 is 2.06 bits per heavy atom. The molecule has 2 N–H and O–H groups in total. The number of nitrogens with zero attached hydrogens (tertiary/aromatic N) is 1. The van der Waals surface area contributed by atoms with Gasteiger partial charge in [-0.2, -0.15) is 0 Å². The zero-order valence-corrected chi connectivity index (χ0v) is 11.0. The number of thiazole rings is 1. The molecule has 0 aliphatic heterocycles. The first-order valence-electron chi connectivity index (χ1n) is 5.66. The SMILES string of the molecule is C/C(C(=O)O)=C(\C)C(=O)Nc1nc(C2CC2)cs1. The molecule has 0 spiro atoms. The van der Waals surface area contributed by atoms with Crippen molar-refractivity contribution >= 4 is 28.3 Å². The summed E-state index contributed by atoms with van der Waals surface area (Å²) in [7, 11) is 0. The summed E-state index contributed by atoms with van der Waals surface area (Å²) in [5.41, 5.74) is 1.27. The Kier molecular flexibility index (Phi) is 3.47. The minimum absolute atomic E-state index is 0.0477. The van der Waals surface area contributed by atoms with Crippen molar-refractivity contribution in [1.29, 1.82) is 0 Å². The van der Waals surface area contributed by atoms with E-state index in [1.165, 1.54) is 25.2 Å². The van der Waals surface area contributed by atoms with Crippen molar-refractivity contribution in [2.75, 3.05) is 5.32 Å². The Morgan fingerprint density at radius 1 is 1.39 bits per heavy atom. The number of amides is 1. The summed E-state index contributed by atoms with van der Waals surface area (Å²) >= 11 is 1.37. The number of rotatable bonds is 4. The van der Waals surface area contributed by atoms with Gasteiger partial charge in [0.15, 0.2) is 5.13 Å². The second-order valence-electron chi connectivity index (χ2n) is 4.36. The molecule has 1 aromatic heterocycles. The van der Waals surface area contributed by atoms with Crippen LogP contribution in [-0.4, -0.2) is 22.0 Å². The third-order valence-electron chi connectivity index (χ3n) is 2.96. The van der Waals surface area contributed by atoms with Gasteiger partial charge in [0.1, 0.15) is 0 Å². The molecule has 1 aliphatic rings. The van der Waals surface area contributed by atoms with E-state index >= 15 is 0 Å². The van der Waals surface area contributed by atoms with E-state index in [2.05, 4.69) is 10.3 Å². The fourth-order valence-electron chi connectivity index (χ4n) is 1.43. The van der Waals surface area contributed by atoms with E-state index in [1.807, 2.05) is 5.38 Å². The van der Waals surface area contributed by atoms with E-state index in [9.17, 15) is 9.59 Å². The average molecular weight is 266 g/mol. The fourth-order valence-corrected chi connectivity index (χ4v) is 2.22. The molecule has 5 nitrogen and oxygen atoms in total. The molecule has 1 saturated carbocycles. The highest BCUT2D eigenvalue weighted by Gasteiger charge is 2.26. The van der Waals surface area contributed by atoms with Crippen LogP contribution in [0.2, 0.25) is 0 Å². The Bertz CT molecular complexity index is 529. The first kappa shape index (κ1) is 12.8. The van der Waals surface area contributed by atoms with Gasteiger partial charge in [0.05, 0.1) is 5.69 Å². The molecule has 1 aliphatic carbocycles. The van der Waals surface area contributed by atoms with Gasteiger partial charge >= 0.3 is 5.97 Å². The Balaban J connectivity index is 2.06. The number of aliphatic carboxylic acids is 1. The first-order valence-corrected chi connectivity index (χ1v) is 6.54. The highest BCUT2D eigenvalue weighted by atomic mass is 32.1. The van der Waals surface area contributed by atoms with Gasteiger partial charge in [0.25, 0.3) is 5.91 Å². The van der Waals surface area contributed by atoms with Gasteiger partial charge in [-0.3, -0.25) is 10.1 Å². The number of hydrogen-bond acceptors (Lipinski definition) is 4. The Hall–Kier alpha value is -1.69. The third-order valence-corrected chi connectivity index (χ3v) is 3.74. The molecule has 1 heterocycles. The zero-order valence-electron chi connectivity index (χ0n) is 10.2. The summed E-state index contributed by atoms with van der Waals surface area (Å²) in [6, 6.07) is 0. The van der Waals surface area contributed by atoms with E-state index in [4.69, 9.17) is 5.11 Å². The lowest BCUT2D eigenvalue weighted by Gasteiger charge is -2.03. The van der Waals surface area contributed by atoms with Crippen molar-refractivity contribution in [2.45, 2.75) is 32.6 Å². The summed E-state index contributed by atoms with van der Waals surface area (Å²) in [4.78, 5) is 26.9. The van der Waals surface area contributed by atoms with Gasteiger partial charge in [-0.15, -0.1) is 11.3 Å². The molecule has 6 heteroatoms. The predicted molar refractivity (Wildman–Crippen MR) is 68.7 cm³/mol. The van der Waals surface area contributed by atoms with Crippen LogP contribution in [0.3, 0.4) is 0 Å². The van der Waals surface area contributed by atoms with E-state index in [0.717, 1.165) is 18.5 Å². The van der Waals surface area contributed by atoms with Crippen LogP contribution in [0.4, 0.5) is 5.13 Å². The lowest BCUT2D eigenvalue weighted by molar-refractivity contribution is -0.133. The maximum absolute atomic E-state index is 11.8. The number of carboxylic acid groups (broad SMARTS) is 1. The standard InChI is InChI=1S/C12H14N2O3S/c1-6(7(2)11(16)17)10(15)14-12-13-9(5-18-12)8-3-4-8/h5,8H,3-4H2,1-2H3,(H,16,17)(H,13,14,15)/b7-6-. The highest BCUT2D eigenvalue weighted by Crippen LogP contribution is 2.40. The largest absolute Gasteiger partial charge is 0.478 e. The number of anilines is 1. The van der Waals surface area contributed by atoms with Crippen LogP contribution in [0, 0.1) is 0 Å². The van der Waals surface area contributed by atoms with Crippen LogP contribution in [0.1, 0.15) is 38.3 Å². The second kappa shape index (κ2) is 4.89. The number of carbonyl (C=O) groups is 2. The molecular formula is C12H14N2O3S. The summed E-state index contributed by atoms with van der Waals surface area (Å²) < 4.78 is 0. The van der Waals surface area contributed by atoms with Crippen LogP contribution in [0.25, 0.3) is 0 Å². The van der Waals surface area contributed by atoms with Crippen molar-refractivity contribution in [3.63, 3.8) is 0 Å². The minimum atomic E-state index is -1.08. The third kappa shape index (κ3) is 2.76. The first-order chi connectivity index (χ1) is 8.49. The average Bonchev–Trinajstić information content (AvgIpc) is 3.08. The Morgan fingerprint density at radius 3 is 2.61 bits per heavy atom. The molecule has 1 fully saturated rings. The molecule has 2 rings (SSSR count). The number of aromatic nitrogens is 1. The van der Waals surface area contributed by atoms with Crippen molar-refractivity contribution in [2.24, 2.45) is 0 Å². The van der Waals surface area contributed by atoms with E-state index in [-0.39, 0.29) is 11.1 Å². The van der Waals surface area contributed by atoms with E-state index in [0.29, 0.717) is 11.0 Å². The van der Waals surface area contributed by atoms with Crippen LogP contribution in [0.15, 0.2) is 16.5 Å². The molecule has 18 heavy (non-hydrogen) atoms. The summed E-state index contributed by atoms with van der Waals surface area (Å²) in [6.07, 6.45) is 2.32. The normalized spacial score (nSPS) is 16.1. The minimum Gasteiger partial charge on any atom is -0.478 e. The van der Waals surface area contributed by atoms with Gasteiger partial charge in [0, 0.05) is 22.4 Å². The molecule has 1 aromatic rings. The number of hydrogen-bond donors (Lipinski definition) is 2. The lowest BCUT2D eigenvalue weighted by Crippen LogP contribution is -2.16. The summed E-state index contributed by atoms with van der Waals surface area (Å²) in [5.74, 6) is -0.948. The topological polar surface area (TPSA) is 79.3 Å². The Labute approximate surface area is 109 Å². The highest BCUT2D eigenvalue weighted by molar-refractivity contribution is 7.14. The lowest BCUT2D eigenvalue weighted by atomic mass is 10.1. The van der Waals surface area contributed by atoms with E-state index < -0.39 is 11.9 Å². The van der Waals surface area contributed by atoms with E-state index in [1.54, 1.807) is 0 Å². The van der Waals surface area contributed by atoms with Crippen molar-refractivity contribution in [3.8, 4) is 0 Å². The molecular weight excluding hydrogens is 252 g/mol. The zero-order chi connectivity index (χ0) is 13.3. The number of carbonyl (C=O) groups excluding carboxylic acids is 1. The number of nitrogens with one attached hydrogen (secondary N) is 1. The quantitative estimate of drug-likeness (QED) is 0.820. The van der Waals surface area contributed by atoms with Gasteiger partial charge in [-0.1, -0.05) is 0 Å². The van der Waals surface area contributed by atoms with Crippen molar-refractivity contribution < 1.29 is 14.7 Å². The fraction of sp³-hybridized carbons (Fsp3) is 0.417. The molecule has 0 radical (unpaired) electrons. The maximum atomic E-state index is 11.8. The molecule has 0 atom stereocenters. The smallest absolute Gasteiger partial charge is 0.331 e. The molecule has 0 aromatic carbocycles. The van der Waals surface area contributed by atoms with Crippen LogP contribution >= 0.6 is 11.3 Å². The second-order valence-corrected chi connectivity index (χ2v) is 5.22. The van der Waals surface area contributed by atoms with Crippen molar-refractivity contribution in [1.82, 2.24) is 4.98 Å². The maximum Gasteiger partial charge on any atom is 0.331 e. The van der Waals surface area contributed by atoms with Gasteiger partial charge in [-0.25, -0.2) is 9.78 Å². The van der Waals surface area contributed by atoms with Gasteiger partial charge < -0.3 is 5.11 Å². The molecule has 0 unspecified atom stereocenters. The van der Waals surface area contributed by atoms with Crippen LogP contribution in [0.5, 0.6) is 0 Å². The summed E-state index contributed by atoms with van der Waals surface area (Å²) in [6.45, 7) is 2.91. The van der Waals surface area contributed by atoms with Crippen molar-refractivity contribution in [3.05, 3.63) is 22.2 Å². The number of carboxylic acids is 1. The molecule has 96 valence electrons. The summed E-state index contributed by atoms with van der Waals surface area (Å²) in [5, 5.41) is 13.9. The van der Waals surface area contributed by atoms with Gasteiger partial charge in [-0.05, 0) is 26.7 Å². The molecule has 0 saturated heterocycles. The predicted octanol–water partition coefficient (Wildman–Crippen LogP) is 2.38. The molecule has 1 amide bonds. The monoisotopic (exact) mass is 266 g/mol. The van der Waals surface area contributed by atoms with Crippen LogP contribution in [-0.2, 0) is 9.59 Å². The van der Waals surface area contributed by atoms with Crippen LogP contribution < -0.4 is 5.32 Å². The van der Waals surface area contributed by atoms with Gasteiger partial charge in [0.2, 0.25) is 0 Å².